The summed E-state index contributed by atoms with van der Waals surface area (Å²) < 4.78 is 11.0. The first-order chi connectivity index (χ1) is 14.3. The summed E-state index contributed by atoms with van der Waals surface area (Å²) in [7, 11) is 1.55. The van der Waals surface area contributed by atoms with Crippen molar-refractivity contribution in [3.05, 3.63) is 59.7 Å². The number of hydrogen-bond donors (Lipinski definition) is 1. The van der Waals surface area contributed by atoms with Crippen LogP contribution in [0.15, 0.2) is 48.5 Å². The van der Waals surface area contributed by atoms with Gasteiger partial charge in [-0.05, 0) is 43.0 Å². The van der Waals surface area contributed by atoms with E-state index in [0.717, 1.165) is 11.1 Å². The lowest BCUT2D eigenvalue weighted by Crippen LogP contribution is -2.49. The summed E-state index contributed by atoms with van der Waals surface area (Å²) in [6, 6.07) is 14.4. The first-order valence-electron chi connectivity index (χ1n) is 10.2. The van der Waals surface area contributed by atoms with Crippen LogP contribution in [0.5, 0.6) is 11.5 Å². The van der Waals surface area contributed by atoms with Gasteiger partial charge in [-0.3, -0.25) is 9.59 Å². The third-order valence-electron chi connectivity index (χ3n) is 4.87. The van der Waals surface area contributed by atoms with Crippen LogP contribution >= 0.6 is 0 Å². The fraction of sp³-hybridized carbons (Fsp3) is 0.417. The Bertz CT molecular complexity index is 851. The SMILES string of the molecule is COc1ccccc1OCC(=O)N(Cc1ccccc1C)[C@H](C)C(=O)NCC(C)C. The van der Waals surface area contributed by atoms with E-state index in [9.17, 15) is 9.59 Å². The number of para-hydroxylation sites is 2. The van der Waals surface area contributed by atoms with E-state index in [1.807, 2.05) is 57.2 Å². The van der Waals surface area contributed by atoms with E-state index in [1.165, 1.54) is 0 Å². The smallest absolute Gasteiger partial charge is 0.261 e. The van der Waals surface area contributed by atoms with Gasteiger partial charge in [-0.25, -0.2) is 0 Å². The third kappa shape index (κ3) is 6.51. The van der Waals surface area contributed by atoms with Gasteiger partial charge in [0.05, 0.1) is 7.11 Å². The van der Waals surface area contributed by atoms with Crippen molar-refractivity contribution in [2.45, 2.75) is 40.3 Å². The van der Waals surface area contributed by atoms with E-state index < -0.39 is 6.04 Å². The van der Waals surface area contributed by atoms with E-state index in [0.29, 0.717) is 30.5 Å². The molecule has 6 nitrogen and oxygen atoms in total. The number of methoxy groups -OCH3 is 1. The maximum Gasteiger partial charge on any atom is 0.261 e. The molecule has 0 bridgehead atoms. The Morgan fingerprint density at radius 3 is 2.27 bits per heavy atom. The van der Waals surface area contributed by atoms with Crippen molar-refractivity contribution >= 4 is 11.8 Å². The number of carbonyl (C=O) groups is 2. The molecule has 0 fully saturated rings. The number of hydrogen-bond acceptors (Lipinski definition) is 4. The number of amides is 2. The van der Waals surface area contributed by atoms with E-state index >= 15 is 0 Å². The summed E-state index contributed by atoms with van der Waals surface area (Å²) in [5.74, 6) is 0.925. The van der Waals surface area contributed by atoms with Crippen LogP contribution in [0.4, 0.5) is 0 Å². The molecule has 1 atom stereocenters. The second-order valence-electron chi connectivity index (χ2n) is 7.70. The summed E-state index contributed by atoms with van der Waals surface area (Å²) in [5.41, 5.74) is 2.06. The van der Waals surface area contributed by atoms with E-state index in [4.69, 9.17) is 9.47 Å². The molecule has 2 rings (SSSR count). The molecule has 0 radical (unpaired) electrons. The molecule has 0 saturated carbocycles. The number of nitrogens with zero attached hydrogens (tertiary/aromatic N) is 1. The number of nitrogens with one attached hydrogen (secondary N) is 1. The number of rotatable bonds is 10. The highest BCUT2D eigenvalue weighted by Crippen LogP contribution is 2.26. The van der Waals surface area contributed by atoms with Gasteiger partial charge < -0.3 is 19.7 Å². The molecule has 0 aliphatic heterocycles. The molecule has 2 amide bonds. The van der Waals surface area contributed by atoms with Crippen molar-refractivity contribution < 1.29 is 19.1 Å². The van der Waals surface area contributed by atoms with Gasteiger partial charge in [0.2, 0.25) is 5.91 Å². The molecule has 0 unspecified atom stereocenters. The largest absolute Gasteiger partial charge is 0.493 e. The average molecular weight is 413 g/mol. The fourth-order valence-electron chi connectivity index (χ4n) is 2.97. The molecule has 162 valence electrons. The molecule has 2 aromatic rings. The monoisotopic (exact) mass is 412 g/mol. The molecule has 6 heteroatoms. The van der Waals surface area contributed by atoms with Crippen molar-refractivity contribution in [2.24, 2.45) is 5.92 Å². The Morgan fingerprint density at radius 2 is 1.63 bits per heavy atom. The maximum atomic E-state index is 13.1. The Morgan fingerprint density at radius 1 is 1.00 bits per heavy atom. The van der Waals surface area contributed by atoms with Gasteiger partial charge in [-0.1, -0.05) is 50.2 Å². The number of aryl methyl sites for hydroxylation is 1. The van der Waals surface area contributed by atoms with Crippen molar-refractivity contribution in [3.8, 4) is 11.5 Å². The predicted molar refractivity (Wildman–Crippen MR) is 118 cm³/mol. The molecule has 0 aliphatic rings. The molecule has 0 heterocycles. The van der Waals surface area contributed by atoms with Crippen molar-refractivity contribution in [1.29, 1.82) is 0 Å². The molecule has 30 heavy (non-hydrogen) atoms. The highest BCUT2D eigenvalue weighted by atomic mass is 16.5. The highest BCUT2D eigenvalue weighted by molar-refractivity contribution is 5.88. The molecule has 0 saturated heterocycles. The first kappa shape index (κ1) is 23.3. The van der Waals surface area contributed by atoms with Gasteiger partial charge in [-0.2, -0.15) is 0 Å². The van der Waals surface area contributed by atoms with Crippen molar-refractivity contribution in [1.82, 2.24) is 10.2 Å². The van der Waals surface area contributed by atoms with E-state index in [2.05, 4.69) is 5.32 Å². The van der Waals surface area contributed by atoms with Crippen LogP contribution in [-0.2, 0) is 16.1 Å². The molecule has 0 aromatic heterocycles. The zero-order valence-electron chi connectivity index (χ0n) is 18.5. The standard InChI is InChI=1S/C24H32N2O4/c1-17(2)14-25-24(28)19(4)26(15-20-11-7-6-10-18(20)3)23(27)16-30-22-13-9-8-12-21(22)29-5/h6-13,17,19H,14-16H2,1-5H3,(H,25,28)/t19-/m1/s1. The van der Waals surface area contributed by atoms with Crippen LogP contribution in [0.3, 0.4) is 0 Å². The van der Waals surface area contributed by atoms with E-state index in [-0.39, 0.29) is 18.4 Å². The first-order valence-corrected chi connectivity index (χ1v) is 10.2. The van der Waals surface area contributed by atoms with Crippen LogP contribution in [0.1, 0.15) is 31.9 Å². The van der Waals surface area contributed by atoms with Crippen LogP contribution in [-0.4, -0.2) is 43.0 Å². The summed E-state index contributed by atoms with van der Waals surface area (Å²) in [4.78, 5) is 27.3. The molecule has 0 spiro atoms. The van der Waals surface area contributed by atoms with Gasteiger partial charge in [0.15, 0.2) is 18.1 Å². The Balaban J connectivity index is 2.17. The quantitative estimate of drug-likeness (QED) is 0.648. The van der Waals surface area contributed by atoms with E-state index in [1.54, 1.807) is 31.1 Å². The predicted octanol–water partition coefficient (Wildman–Crippen LogP) is 3.57. The van der Waals surface area contributed by atoms with Gasteiger partial charge >= 0.3 is 0 Å². The minimum atomic E-state index is -0.628. The normalized spacial score (nSPS) is 11.7. The topological polar surface area (TPSA) is 67.9 Å². The number of benzene rings is 2. The molecular formula is C24H32N2O4. The minimum Gasteiger partial charge on any atom is -0.493 e. The van der Waals surface area contributed by atoms with Crippen LogP contribution in [0.2, 0.25) is 0 Å². The lowest BCUT2D eigenvalue weighted by atomic mass is 10.1. The second-order valence-corrected chi connectivity index (χ2v) is 7.70. The van der Waals surface area contributed by atoms with Gasteiger partial charge in [0.25, 0.3) is 5.91 Å². The molecule has 1 N–H and O–H groups in total. The zero-order chi connectivity index (χ0) is 22.1. The van der Waals surface area contributed by atoms with Gasteiger partial charge in [0.1, 0.15) is 6.04 Å². The lowest BCUT2D eigenvalue weighted by molar-refractivity contribution is -0.142. The molecule has 2 aromatic carbocycles. The second kappa shape index (κ2) is 11.2. The molecule has 0 aliphatic carbocycles. The van der Waals surface area contributed by atoms with Gasteiger partial charge in [0, 0.05) is 13.1 Å². The molecular weight excluding hydrogens is 380 g/mol. The lowest BCUT2D eigenvalue weighted by Gasteiger charge is -2.29. The maximum absolute atomic E-state index is 13.1. The Hall–Kier alpha value is -3.02. The highest BCUT2D eigenvalue weighted by Gasteiger charge is 2.27. The zero-order valence-corrected chi connectivity index (χ0v) is 18.5. The third-order valence-corrected chi connectivity index (χ3v) is 4.87. The van der Waals surface area contributed by atoms with Crippen LogP contribution in [0.25, 0.3) is 0 Å². The summed E-state index contributed by atoms with van der Waals surface area (Å²) in [5, 5.41) is 2.92. The van der Waals surface area contributed by atoms with Crippen molar-refractivity contribution in [3.63, 3.8) is 0 Å². The Labute approximate surface area is 179 Å². The number of ether oxygens (including phenoxy) is 2. The fourth-order valence-corrected chi connectivity index (χ4v) is 2.97. The summed E-state index contributed by atoms with van der Waals surface area (Å²) in [6.07, 6.45) is 0. The van der Waals surface area contributed by atoms with Crippen LogP contribution < -0.4 is 14.8 Å². The number of carbonyl (C=O) groups excluding carboxylic acids is 2. The van der Waals surface area contributed by atoms with Crippen molar-refractivity contribution in [2.75, 3.05) is 20.3 Å². The minimum absolute atomic E-state index is 0.178. The van der Waals surface area contributed by atoms with Crippen LogP contribution in [0, 0.1) is 12.8 Å². The average Bonchev–Trinajstić information content (AvgIpc) is 2.74. The summed E-state index contributed by atoms with van der Waals surface area (Å²) in [6.45, 7) is 8.50. The Kier molecular flexibility index (Phi) is 8.71. The van der Waals surface area contributed by atoms with Gasteiger partial charge in [-0.15, -0.1) is 0 Å². The summed E-state index contributed by atoms with van der Waals surface area (Å²) >= 11 is 0.